The van der Waals surface area contributed by atoms with Crippen molar-refractivity contribution in [2.75, 3.05) is 13.2 Å². The number of hydrogen-bond donors (Lipinski definition) is 0. The third-order valence-corrected chi connectivity index (χ3v) is 4.38. The molecular weight excluding hydrogens is 280 g/mol. The van der Waals surface area contributed by atoms with Crippen LogP contribution in [0.5, 0.6) is 0 Å². The molecule has 0 atom stereocenters. The highest BCUT2D eigenvalue weighted by atomic mass is 16.5. The minimum Gasteiger partial charge on any atom is -0.465 e. The van der Waals surface area contributed by atoms with E-state index in [1.165, 1.54) is 25.7 Å². The van der Waals surface area contributed by atoms with Crippen molar-refractivity contribution in [1.82, 2.24) is 0 Å². The largest absolute Gasteiger partial charge is 0.465 e. The van der Waals surface area contributed by atoms with Crippen molar-refractivity contribution >= 4 is 11.9 Å². The third-order valence-electron chi connectivity index (χ3n) is 4.38. The third kappa shape index (κ3) is 7.28. The van der Waals surface area contributed by atoms with Crippen LogP contribution in [0.2, 0.25) is 0 Å². The number of unbranched alkanes of at least 4 members (excludes halogenated alkanes) is 1. The summed E-state index contributed by atoms with van der Waals surface area (Å²) in [6.45, 7) is 6.71. The molecule has 1 aliphatic rings. The molecule has 0 bridgehead atoms. The highest BCUT2D eigenvalue weighted by Crippen LogP contribution is 2.32. The first-order valence-electron chi connectivity index (χ1n) is 8.87. The van der Waals surface area contributed by atoms with E-state index in [0.717, 1.165) is 31.6 Å². The Morgan fingerprint density at radius 1 is 1.00 bits per heavy atom. The van der Waals surface area contributed by atoms with Crippen LogP contribution in [0.25, 0.3) is 0 Å². The van der Waals surface area contributed by atoms with E-state index in [1.54, 1.807) is 0 Å². The Balaban J connectivity index is 2.03. The summed E-state index contributed by atoms with van der Waals surface area (Å²) in [5.74, 6) is 0.632. The molecule has 128 valence electrons. The first kappa shape index (κ1) is 19.0. The van der Waals surface area contributed by atoms with Crippen LogP contribution < -0.4 is 0 Å². The molecule has 0 saturated heterocycles. The summed E-state index contributed by atoms with van der Waals surface area (Å²) in [5.41, 5.74) is 0. The van der Waals surface area contributed by atoms with Crippen molar-refractivity contribution in [3.05, 3.63) is 0 Å². The average molecular weight is 312 g/mol. The second kappa shape index (κ2) is 10.6. The molecule has 0 aromatic carbocycles. The fourth-order valence-electron chi connectivity index (χ4n) is 2.93. The van der Waals surface area contributed by atoms with Gasteiger partial charge in [0.2, 0.25) is 0 Å². The molecule has 0 radical (unpaired) electrons. The summed E-state index contributed by atoms with van der Waals surface area (Å²) in [5, 5.41) is 0. The van der Waals surface area contributed by atoms with Crippen molar-refractivity contribution in [3.63, 3.8) is 0 Å². The molecule has 0 amide bonds. The van der Waals surface area contributed by atoms with Crippen molar-refractivity contribution < 1.29 is 19.1 Å². The summed E-state index contributed by atoms with van der Waals surface area (Å²) >= 11 is 0. The minimum atomic E-state index is -0.166. The second-order valence-corrected chi connectivity index (χ2v) is 6.70. The number of esters is 2. The fraction of sp³-hybridized carbons (Fsp3) is 0.889. The van der Waals surface area contributed by atoms with Crippen LogP contribution in [0.15, 0.2) is 0 Å². The van der Waals surface area contributed by atoms with Crippen LogP contribution >= 0.6 is 0 Å². The summed E-state index contributed by atoms with van der Waals surface area (Å²) in [7, 11) is 0. The van der Waals surface area contributed by atoms with Gasteiger partial charge >= 0.3 is 11.9 Å². The highest BCUT2D eigenvalue weighted by molar-refractivity contribution is 5.72. The summed E-state index contributed by atoms with van der Waals surface area (Å²) in [6, 6.07) is 0. The van der Waals surface area contributed by atoms with E-state index in [2.05, 4.69) is 6.92 Å². The van der Waals surface area contributed by atoms with Gasteiger partial charge in [0.25, 0.3) is 0 Å². The van der Waals surface area contributed by atoms with E-state index in [1.807, 2.05) is 13.8 Å². The molecule has 4 nitrogen and oxygen atoms in total. The van der Waals surface area contributed by atoms with E-state index in [4.69, 9.17) is 9.47 Å². The van der Waals surface area contributed by atoms with E-state index in [-0.39, 0.29) is 23.8 Å². The van der Waals surface area contributed by atoms with Gasteiger partial charge in [0, 0.05) is 0 Å². The van der Waals surface area contributed by atoms with Gasteiger partial charge in [0.1, 0.15) is 0 Å². The summed E-state index contributed by atoms with van der Waals surface area (Å²) < 4.78 is 10.4. The van der Waals surface area contributed by atoms with Crippen LogP contribution in [-0.4, -0.2) is 25.2 Å². The smallest absolute Gasteiger partial charge is 0.308 e. The maximum absolute atomic E-state index is 12.0. The Morgan fingerprint density at radius 3 is 2.14 bits per heavy atom. The second-order valence-electron chi connectivity index (χ2n) is 6.70. The zero-order valence-electron chi connectivity index (χ0n) is 14.4. The molecule has 0 aliphatic heterocycles. The number of ether oxygens (including phenoxy) is 2. The first-order chi connectivity index (χ1) is 10.5. The van der Waals surface area contributed by atoms with Gasteiger partial charge in [-0.15, -0.1) is 0 Å². The van der Waals surface area contributed by atoms with Crippen LogP contribution in [0.4, 0.5) is 0 Å². The molecule has 1 aliphatic carbocycles. The maximum atomic E-state index is 12.0. The van der Waals surface area contributed by atoms with Crippen molar-refractivity contribution in [2.45, 2.75) is 72.1 Å². The van der Waals surface area contributed by atoms with Gasteiger partial charge in [0.15, 0.2) is 0 Å². The van der Waals surface area contributed by atoms with E-state index in [9.17, 15) is 9.59 Å². The lowest BCUT2D eigenvalue weighted by Crippen LogP contribution is -2.24. The molecule has 1 saturated carbocycles. The number of rotatable bonds is 9. The number of carbonyl (C=O) groups is 2. The van der Waals surface area contributed by atoms with E-state index in [0.29, 0.717) is 13.2 Å². The molecule has 0 heterocycles. The van der Waals surface area contributed by atoms with Crippen molar-refractivity contribution in [1.29, 1.82) is 0 Å². The summed E-state index contributed by atoms with van der Waals surface area (Å²) in [4.78, 5) is 23.2. The van der Waals surface area contributed by atoms with Gasteiger partial charge in [-0.1, -0.05) is 33.6 Å². The zero-order chi connectivity index (χ0) is 16.4. The van der Waals surface area contributed by atoms with Gasteiger partial charge in [-0.25, -0.2) is 0 Å². The lowest BCUT2D eigenvalue weighted by molar-refractivity contribution is -0.151. The van der Waals surface area contributed by atoms with Crippen LogP contribution in [-0.2, 0) is 19.1 Å². The van der Waals surface area contributed by atoms with E-state index < -0.39 is 0 Å². The standard InChI is InChI=1S/C18H32O4/c1-4-7-15-8-10-16(11-9-15)18(20)22-13-6-5-12-21-17(19)14(2)3/h14-16H,4-13H2,1-3H3. The zero-order valence-corrected chi connectivity index (χ0v) is 14.4. The Morgan fingerprint density at radius 2 is 1.59 bits per heavy atom. The predicted octanol–water partition coefficient (Wildman–Crippen LogP) is 4.12. The Kier molecular flexibility index (Phi) is 9.17. The Labute approximate surface area is 134 Å². The molecule has 22 heavy (non-hydrogen) atoms. The van der Waals surface area contributed by atoms with E-state index >= 15 is 0 Å². The molecule has 4 heteroatoms. The van der Waals surface area contributed by atoms with Crippen molar-refractivity contribution in [2.24, 2.45) is 17.8 Å². The van der Waals surface area contributed by atoms with Gasteiger partial charge in [0.05, 0.1) is 25.0 Å². The molecule has 0 aromatic rings. The molecule has 0 aromatic heterocycles. The van der Waals surface area contributed by atoms with Gasteiger partial charge in [-0.2, -0.15) is 0 Å². The molecule has 0 spiro atoms. The number of carbonyl (C=O) groups excluding carboxylic acids is 2. The van der Waals surface area contributed by atoms with Crippen LogP contribution in [0, 0.1) is 17.8 Å². The topological polar surface area (TPSA) is 52.6 Å². The van der Waals surface area contributed by atoms with Gasteiger partial charge < -0.3 is 9.47 Å². The lowest BCUT2D eigenvalue weighted by Gasteiger charge is -2.26. The summed E-state index contributed by atoms with van der Waals surface area (Å²) in [6.07, 6.45) is 8.32. The fourth-order valence-corrected chi connectivity index (χ4v) is 2.93. The average Bonchev–Trinajstić information content (AvgIpc) is 2.51. The van der Waals surface area contributed by atoms with Crippen LogP contribution in [0.1, 0.15) is 72.1 Å². The Hall–Kier alpha value is -1.06. The predicted molar refractivity (Wildman–Crippen MR) is 86.3 cm³/mol. The quantitative estimate of drug-likeness (QED) is 0.475. The Bertz CT molecular complexity index is 330. The van der Waals surface area contributed by atoms with Crippen LogP contribution in [0.3, 0.4) is 0 Å². The first-order valence-corrected chi connectivity index (χ1v) is 8.87. The van der Waals surface area contributed by atoms with Gasteiger partial charge in [-0.05, 0) is 44.4 Å². The minimum absolute atomic E-state index is 0.0332. The molecule has 1 fully saturated rings. The van der Waals surface area contributed by atoms with Crippen molar-refractivity contribution in [3.8, 4) is 0 Å². The monoisotopic (exact) mass is 312 g/mol. The highest BCUT2D eigenvalue weighted by Gasteiger charge is 2.26. The van der Waals surface area contributed by atoms with Gasteiger partial charge in [-0.3, -0.25) is 9.59 Å². The molecular formula is C18H32O4. The SMILES string of the molecule is CCCC1CCC(C(=O)OCCCCOC(=O)C(C)C)CC1. The molecule has 0 N–H and O–H groups in total. The molecule has 0 unspecified atom stereocenters. The lowest BCUT2D eigenvalue weighted by atomic mass is 9.80. The number of hydrogen-bond acceptors (Lipinski definition) is 4. The normalized spacial score (nSPS) is 21.6. The maximum Gasteiger partial charge on any atom is 0.308 e. The molecule has 1 rings (SSSR count).